The summed E-state index contributed by atoms with van der Waals surface area (Å²) in [5.74, 6) is -0.516. The van der Waals surface area contributed by atoms with Crippen LogP contribution >= 0.6 is 0 Å². The largest absolute Gasteiger partial charge is 0.476 e. The van der Waals surface area contributed by atoms with Crippen LogP contribution in [-0.4, -0.2) is 30.8 Å². The fourth-order valence-electron chi connectivity index (χ4n) is 1.97. The van der Waals surface area contributed by atoms with E-state index in [1.54, 1.807) is 30.7 Å². The summed E-state index contributed by atoms with van der Waals surface area (Å²) in [6.07, 6.45) is 5.03. The van der Waals surface area contributed by atoms with Gasteiger partial charge in [-0.05, 0) is 36.8 Å². The lowest BCUT2D eigenvalue weighted by atomic mass is 10.2. The lowest BCUT2D eigenvalue weighted by Crippen LogP contribution is -2.04. The van der Waals surface area contributed by atoms with Gasteiger partial charge in [-0.2, -0.15) is 5.10 Å². The van der Waals surface area contributed by atoms with Crippen LogP contribution in [0.1, 0.15) is 16.1 Å². The molecule has 0 aliphatic rings. The van der Waals surface area contributed by atoms with Crippen LogP contribution in [0.5, 0.6) is 0 Å². The highest BCUT2D eigenvalue weighted by atomic mass is 16.4. The number of carboxylic acid groups (broad SMARTS) is 1. The molecule has 0 aromatic carbocycles. The molecule has 6 nitrogen and oxygen atoms in total. The first-order valence-corrected chi connectivity index (χ1v) is 6.32. The molecule has 0 spiro atoms. The van der Waals surface area contributed by atoms with E-state index in [1.165, 1.54) is 10.7 Å². The van der Waals surface area contributed by atoms with E-state index in [9.17, 15) is 4.79 Å². The highest BCUT2D eigenvalue weighted by Crippen LogP contribution is 2.22. The molecule has 3 aromatic heterocycles. The molecule has 0 atom stereocenters. The van der Waals surface area contributed by atoms with Crippen LogP contribution in [0.3, 0.4) is 0 Å². The Morgan fingerprint density at radius 1 is 1.24 bits per heavy atom. The maximum atomic E-state index is 11.2. The Balaban J connectivity index is 2.19. The first-order chi connectivity index (χ1) is 10.1. The summed E-state index contributed by atoms with van der Waals surface area (Å²) in [6, 6.07) is 8.85. The highest BCUT2D eigenvalue weighted by Gasteiger charge is 2.16. The van der Waals surface area contributed by atoms with Crippen LogP contribution in [-0.2, 0) is 0 Å². The van der Waals surface area contributed by atoms with E-state index < -0.39 is 5.97 Å². The van der Waals surface area contributed by atoms with Gasteiger partial charge in [0, 0.05) is 24.2 Å². The third kappa shape index (κ3) is 2.51. The minimum atomic E-state index is -1.08. The molecular formula is C15H12N4O2. The Morgan fingerprint density at radius 2 is 2.10 bits per heavy atom. The molecule has 0 amide bonds. The van der Waals surface area contributed by atoms with E-state index in [0.717, 1.165) is 11.1 Å². The average Bonchev–Trinajstić information content (AvgIpc) is 2.94. The van der Waals surface area contributed by atoms with Gasteiger partial charge in [0.1, 0.15) is 0 Å². The third-order valence-corrected chi connectivity index (χ3v) is 3.00. The molecule has 3 heterocycles. The van der Waals surface area contributed by atoms with E-state index in [2.05, 4.69) is 15.1 Å². The molecule has 21 heavy (non-hydrogen) atoms. The first kappa shape index (κ1) is 13.0. The van der Waals surface area contributed by atoms with E-state index in [-0.39, 0.29) is 5.69 Å². The van der Waals surface area contributed by atoms with Crippen LogP contribution in [0.2, 0.25) is 0 Å². The van der Waals surface area contributed by atoms with Crippen LogP contribution in [0.4, 0.5) is 0 Å². The molecule has 0 aliphatic carbocycles. The number of hydrogen-bond acceptors (Lipinski definition) is 4. The lowest BCUT2D eigenvalue weighted by Gasteiger charge is -2.06. The van der Waals surface area contributed by atoms with Gasteiger partial charge in [-0.1, -0.05) is 6.07 Å². The van der Waals surface area contributed by atoms with Crippen molar-refractivity contribution in [2.75, 3.05) is 0 Å². The number of aromatic carboxylic acids is 1. The summed E-state index contributed by atoms with van der Waals surface area (Å²) in [7, 11) is 0. The van der Waals surface area contributed by atoms with Crippen molar-refractivity contribution in [2.45, 2.75) is 6.92 Å². The third-order valence-electron chi connectivity index (χ3n) is 3.00. The van der Waals surface area contributed by atoms with Crippen molar-refractivity contribution in [3.8, 4) is 17.1 Å². The number of aryl methyl sites for hydroxylation is 1. The van der Waals surface area contributed by atoms with Gasteiger partial charge >= 0.3 is 5.97 Å². The molecule has 0 aliphatic heterocycles. The van der Waals surface area contributed by atoms with E-state index in [4.69, 9.17) is 5.11 Å². The molecule has 0 fully saturated rings. The van der Waals surface area contributed by atoms with Crippen molar-refractivity contribution < 1.29 is 9.90 Å². The van der Waals surface area contributed by atoms with Crippen LogP contribution in [0, 0.1) is 6.92 Å². The molecule has 3 rings (SSSR count). The van der Waals surface area contributed by atoms with Crippen LogP contribution in [0.15, 0.2) is 48.9 Å². The molecule has 0 saturated heterocycles. The fraction of sp³-hybridized carbons (Fsp3) is 0.0667. The topological polar surface area (TPSA) is 80.9 Å². The maximum absolute atomic E-state index is 11.2. The summed E-state index contributed by atoms with van der Waals surface area (Å²) in [5, 5.41) is 13.3. The van der Waals surface area contributed by atoms with Crippen molar-refractivity contribution >= 4 is 5.97 Å². The van der Waals surface area contributed by atoms with Gasteiger partial charge in [-0.3, -0.25) is 4.98 Å². The number of carboxylic acids is 1. The highest BCUT2D eigenvalue weighted by molar-refractivity contribution is 5.87. The minimum Gasteiger partial charge on any atom is -0.476 e. The zero-order chi connectivity index (χ0) is 14.8. The molecule has 0 radical (unpaired) electrons. The molecule has 1 N–H and O–H groups in total. The van der Waals surface area contributed by atoms with E-state index in [0.29, 0.717) is 11.5 Å². The summed E-state index contributed by atoms with van der Waals surface area (Å²) in [5.41, 5.74) is 2.40. The molecule has 104 valence electrons. The number of nitrogens with zero attached hydrogens (tertiary/aromatic N) is 4. The zero-order valence-electron chi connectivity index (χ0n) is 11.3. The lowest BCUT2D eigenvalue weighted by molar-refractivity contribution is 0.0690. The van der Waals surface area contributed by atoms with Gasteiger partial charge in [-0.15, -0.1) is 0 Å². The Bertz CT molecular complexity index is 779. The molecule has 0 saturated carbocycles. The van der Waals surface area contributed by atoms with Gasteiger partial charge in [0.15, 0.2) is 11.5 Å². The standard InChI is InChI=1S/C15H12N4O2/c1-10-4-5-14(17-8-10)19-13(7-12(18-19)15(20)21)11-3-2-6-16-9-11/h2-9H,1H3,(H,20,21). The van der Waals surface area contributed by atoms with Crippen molar-refractivity contribution in [1.29, 1.82) is 0 Å². The van der Waals surface area contributed by atoms with Crippen molar-refractivity contribution in [1.82, 2.24) is 19.7 Å². The normalized spacial score (nSPS) is 10.5. The molecular weight excluding hydrogens is 268 g/mol. The van der Waals surface area contributed by atoms with Gasteiger partial charge < -0.3 is 5.11 Å². The Labute approximate surface area is 120 Å². The average molecular weight is 280 g/mol. The predicted octanol–water partition coefficient (Wildman–Crippen LogP) is 2.34. The van der Waals surface area contributed by atoms with Crippen LogP contribution in [0.25, 0.3) is 17.1 Å². The van der Waals surface area contributed by atoms with E-state index >= 15 is 0 Å². The van der Waals surface area contributed by atoms with Crippen molar-refractivity contribution in [2.24, 2.45) is 0 Å². The SMILES string of the molecule is Cc1ccc(-n2nc(C(=O)O)cc2-c2cccnc2)nc1. The fourth-order valence-corrected chi connectivity index (χ4v) is 1.97. The predicted molar refractivity (Wildman–Crippen MR) is 76.3 cm³/mol. The number of carbonyl (C=O) groups is 1. The second-order valence-electron chi connectivity index (χ2n) is 4.57. The maximum Gasteiger partial charge on any atom is 0.356 e. The molecule has 0 unspecified atom stereocenters. The molecule has 6 heteroatoms. The summed E-state index contributed by atoms with van der Waals surface area (Å²) in [6.45, 7) is 1.94. The number of rotatable bonds is 3. The van der Waals surface area contributed by atoms with Gasteiger partial charge in [-0.25, -0.2) is 14.5 Å². The molecule has 0 bridgehead atoms. The quantitative estimate of drug-likeness (QED) is 0.796. The summed E-state index contributed by atoms with van der Waals surface area (Å²) in [4.78, 5) is 19.5. The summed E-state index contributed by atoms with van der Waals surface area (Å²) >= 11 is 0. The number of hydrogen-bond donors (Lipinski definition) is 1. The number of pyridine rings is 2. The Kier molecular flexibility index (Phi) is 3.19. The Morgan fingerprint density at radius 3 is 2.71 bits per heavy atom. The van der Waals surface area contributed by atoms with Gasteiger partial charge in [0.05, 0.1) is 5.69 Å². The first-order valence-electron chi connectivity index (χ1n) is 6.32. The second kappa shape index (κ2) is 5.16. The monoisotopic (exact) mass is 280 g/mol. The van der Waals surface area contributed by atoms with E-state index in [1.807, 2.05) is 19.1 Å². The van der Waals surface area contributed by atoms with Crippen LogP contribution < -0.4 is 0 Å². The molecule has 3 aromatic rings. The number of aromatic nitrogens is 4. The smallest absolute Gasteiger partial charge is 0.356 e. The van der Waals surface area contributed by atoms with Gasteiger partial charge in [0.2, 0.25) is 0 Å². The van der Waals surface area contributed by atoms with Crippen molar-refractivity contribution in [3.05, 3.63) is 60.2 Å². The second-order valence-corrected chi connectivity index (χ2v) is 4.57. The van der Waals surface area contributed by atoms with Gasteiger partial charge in [0.25, 0.3) is 0 Å². The Hall–Kier alpha value is -3.02. The minimum absolute atomic E-state index is 0.0313. The van der Waals surface area contributed by atoms with Crippen molar-refractivity contribution in [3.63, 3.8) is 0 Å². The zero-order valence-corrected chi connectivity index (χ0v) is 11.3. The summed E-state index contributed by atoms with van der Waals surface area (Å²) < 4.78 is 1.51.